The van der Waals surface area contributed by atoms with Gasteiger partial charge in [-0.1, -0.05) is 6.08 Å². The van der Waals surface area contributed by atoms with Crippen molar-refractivity contribution in [2.45, 2.75) is 70.1 Å². The van der Waals surface area contributed by atoms with E-state index in [-0.39, 0.29) is 36.6 Å². The Morgan fingerprint density at radius 2 is 2.10 bits per heavy atom. The van der Waals surface area contributed by atoms with Crippen LogP contribution < -0.4 is 0 Å². The predicted octanol–water partition coefficient (Wildman–Crippen LogP) is 2.25. The van der Waals surface area contributed by atoms with Crippen molar-refractivity contribution in [2.24, 2.45) is 5.92 Å². The van der Waals surface area contributed by atoms with Gasteiger partial charge in [0.2, 0.25) is 0 Å². The van der Waals surface area contributed by atoms with Gasteiger partial charge in [-0.05, 0) is 27.2 Å². The fraction of sp³-hybridized carbons (Fsp3) is 0.875. The summed E-state index contributed by atoms with van der Waals surface area (Å²) in [5.41, 5.74) is 0. The Morgan fingerprint density at radius 3 is 2.81 bits per heavy atom. The van der Waals surface area contributed by atoms with Crippen LogP contribution in [0.5, 0.6) is 0 Å². The van der Waals surface area contributed by atoms with Crippen molar-refractivity contribution in [3.63, 3.8) is 0 Å². The molecule has 0 aromatic heterocycles. The van der Waals surface area contributed by atoms with E-state index < -0.39 is 5.79 Å². The second kappa shape index (κ2) is 5.97. The zero-order valence-corrected chi connectivity index (χ0v) is 13.1. The quantitative estimate of drug-likeness (QED) is 0.745. The highest BCUT2D eigenvalue weighted by atomic mass is 16.7. The van der Waals surface area contributed by atoms with Crippen LogP contribution >= 0.6 is 0 Å². The Kier molecular flexibility index (Phi) is 4.39. The van der Waals surface area contributed by atoms with Gasteiger partial charge in [-0.2, -0.15) is 0 Å². The highest BCUT2D eigenvalue weighted by Crippen LogP contribution is 2.43. The molecule has 0 aromatic rings. The van der Waals surface area contributed by atoms with Gasteiger partial charge in [-0.15, -0.1) is 6.58 Å². The first-order chi connectivity index (χ1) is 10.0. The Labute approximate surface area is 126 Å². The summed E-state index contributed by atoms with van der Waals surface area (Å²) in [6.07, 6.45) is 3.36. The lowest BCUT2D eigenvalue weighted by Crippen LogP contribution is -2.61. The van der Waals surface area contributed by atoms with E-state index in [1.165, 1.54) is 0 Å². The fourth-order valence-electron chi connectivity index (χ4n) is 3.60. The molecule has 3 saturated heterocycles. The first-order valence-corrected chi connectivity index (χ1v) is 7.89. The van der Waals surface area contributed by atoms with E-state index in [4.69, 9.17) is 23.7 Å². The van der Waals surface area contributed by atoms with Gasteiger partial charge in [0.1, 0.15) is 12.2 Å². The van der Waals surface area contributed by atoms with Crippen LogP contribution in [0.25, 0.3) is 0 Å². The predicted molar refractivity (Wildman–Crippen MR) is 76.8 cm³/mol. The number of ether oxygens (including phenoxy) is 5. The third-order valence-corrected chi connectivity index (χ3v) is 4.48. The van der Waals surface area contributed by atoms with E-state index in [2.05, 4.69) is 6.58 Å². The number of fused-ring (bicyclic) bond motifs is 3. The van der Waals surface area contributed by atoms with Gasteiger partial charge in [-0.25, -0.2) is 0 Å². The second-order valence-electron chi connectivity index (χ2n) is 6.42. The maximum Gasteiger partial charge on any atom is 0.163 e. The van der Waals surface area contributed by atoms with Crippen molar-refractivity contribution in [1.82, 2.24) is 0 Å². The van der Waals surface area contributed by atoms with Crippen LogP contribution in [0.15, 0.2) is 12.7 Å². The average Bonchev–Trinajstić information content (AvgIpc) is 2.84. The van der Waals surface area contributed by atoms with E-state index in [0.717, 1.165) is 12.8 Å². The largest absolute Gasteiger partial charge is 0.369 e. The summed E-state index contributed by atoms with van der Waals surface area (Å²) in [5.74, 6) is -0.303. The van der Waals surface area contributed by atoms with Crippen molar-refractivity contribution in [3.8, 4) is 0 Å². The molecule has 0 bridgehead atoms. The molecular formula is C16H26O5. The summed E-state index contributed by atoms with van der Waals surface area (Å²) in [4.78, 5) is 0. The number of hydrogen-bond donors (Lipinski definition) is 0. The van der Waals surface area contributed by atoms with Gasteiger partial charge in [0.15, 0.2) is 12.1 Å². The lowest BCUT2D eigenvalue weighted by molar-refractivity contribution is -0.353. The van der Waals surface area contributed by atoms with Gasteiger partial charge in [0.05, 0.1) is 18.8 Å². The Bertz CT molecular complexity index is 383. The van der Waals surface area contributed by atoms with Crippen LogP contribution in [-0.2, 0) is 23.7 Å². The van der Waals surface area contributed by atoms with Crippen LogP contribution in [0.2, 0.25) is 0 Å². The molecule has 6 atom stereocenters. The lowest BCUT2D eigenvalue weighted by Gasteiger charge is -2.49. The molecule has 3 fully saturated rings. The Morgan fingerprint density at radius 1 is 1.29 bits per heavy atom. The summed E-state index contributed by atoms with van der Waals surface area (Å²) in [6.45, 7) is 10.9. The molecule has 0 saturated carbocycles. The molecule has 3 aliphatic rings. The number of rotatable bonds is 4. The highest BCUT2D eigenvalue weighted by molar-refractivity contribution is 5.00. The maximum absolute atomic E-state index is 6.21. The Balaban J connectivity index is 1.78. The molecule has 3 aliphatic heterocycles. The first-order valence-electron chi connectivity index (χ1n) is 7.89. The smallest absolute Gasteiger partial charge is 0.163 e. The SMILES string of the molecule is C=CC[C@H]1O[C@@H]2COC(C)(C)O[C@H]2[C@@H]2OC(OCC)C[C@@H]21. The fourth-order valence-corrected chi connectivity index (χ4v) is 3.60. The molecule has 0 N–H and O–H groups in total. The minimum absolute atomic E-state index is 0.00780. The molecule has 3 rings (SSSR count). The van der Waals surface area contributed by atoms with Crippen molar-refractivity contribution in [2.75, 3.05) is 13.2 Å². The van der Waals surface area contributed by atoms with E-state index in [9.17, 15) is 0 Å². The Hall–Kier alpha value is -0.460. The molecule has 120 valence electrons. The molecule has 0 radical (unpaired) electrons. The summed E-state index contributed by atoms with van der Waals surface area (Å²) >= 11 is 0. The maximum atomic E-state index is 6.21. The zero-order valence-electron chi connectivity index (χ0n) is 13.1. The summed E-state index contributed by atoms with van der Waals surface area (Å²) < 4.78 is 29.8. The number of hydrogen-bond acceptors (Lipinski definition) is 5. The molecule has 5 nitrogen and oxygen atoms in total. The molecule has 21 heavy (non-hydrogen) atoms. The van der Waals surface area contributed by atoms with E-state index >= 15 is 0 Å². The normalized spacial score (nSPS) is 44.9. The topological polar surface area (TPSA) is 46.2 Å². The highest BCUT2D eigenvalue weighted by Gasteiger charge is 2.55. The van der Waals surface area contributed by atoms with Crippen molar-refractivity contribution in [3.05, 3.63) is 12.7 Å². The van der Waals surface area contributed by atoms with Crippen molar-refractivity contribution < 1.29 is 23.7 Å². The van der Waals surface area contributed by atoms with Gasteiger partial charge in [0, 0.05) is 18.9 Å². The standard InChI is InChI=1S/C16H26O5/c1-5-7-11-10-8-13(17-6-2)20-14(10)15-12(19-11)9-18-16(3,4)21-15/h5,10-15H,1,6-9H2,2-4H3/t10-,11-,12-,13?,14-,15-/m1/s1. The van der Waals surface area contributed by atoms with Crippen molar-refractivity contribution in [1.29, 1.82) is 0 Å². The monoisotopic (exact) mass is 298 g/mol. The van der Waals surface area contributed by atoms with E-state index in [1.807, 2.05) is 26.8 Å². The van der Waals surface area contributed by atoms with Crippen LogP contribution in [0.1, 0.15) is 33.6 Å². The van der Waals surface area contributed by atoms with Gasteiger partial charge >= 0.3 is 0 Å². The van der Waals surface area contributed by atoms with Gasteiger partial charge in [0.25, 0.3) is 0 Å². The molecule has 0 amide bonds. The van der Waals surface area contributed by atoms with Crippen LogP contribution in [0, 0.1) is 5.92 Å². The molecule has 0 spiro atoms. The first kappa shape index (κ1) is 15.4. The zero-order chi connectivity index (χ0) is 15.0. The minimum atomic E-state index is -0.590. The average molecular weight is 298 g/mol. The molecule has 3 heterocycles. The second-order valence-corrected chi connectivity index (χ2v) is 6.42. The van der Waals surface area contributed by atoms with Crippen LogP contribution in [-0.4, -0.2) is 49.7 Å². The molecular weight excluding hydrogens is 272 g/mol. The lowest BCUT2D eigenvalue weighted by atomic mass is 9.84. The molecule has 0 aliphatic carbocycles. The minimum Gasteiger partial charge on any atom is -0.369 e. The van der Waals surface area contributed by atoms with E-state index in [0.29, 0.717) is 13.2 Å². The third-order valence-electron chi connectivity index (χ3n) is 4.48. The van der Waals surface area contributed by atoms with E-state index in [1.54, 1.807) is 0 Å². The molecule has 0 aromatic carbocycles. The summed E-state index contributed by atoms with van der Waals surface area (Å²) in [7, 11) is 0. The van der Waals surface area contributed by atoms with Crippen LogP contribution in [0.3, 0.4) is 0 Å². The summed E-state index contributed by atoms with van der Waals surface area (Å²) in [6, 6.07) is 0. The van der Waals surface area contributed by atoms with Crippen molar-refractivity contribution >= 4 is 0 Å². The summed E-state index contributed by atoms with van der Waals surface area (Å²) in [5, 5.41) is 0. The van der Waals surface area contributed by atoms with Gasteiger partial charge < -0.3 is 23.7 Å². The molecule has 1 unspecified atom stereocenters. The van der Waals surface area contributed by atoms with Crippen LogP contribution in [0.4, 0.5) is 0 Å². The van der Waals surface area contributed by atoms with Gasteiger partial charge in [-0.3, -0.25) is 0 Å². The third kappa shape index (κ3) is 3.03. The molecule has 5 heteroatoms.